The van der Waals surface area contributed by atoms with Crippen molar-refractivity contribution in [2.45, 2.75) is 39.3 Å². The van der Waals surface area contributed by atoms with Crippen LogP contribution in [0.25, 0.3) is 65.3 Å². The van der Waals surface area contributed by atoms with Crippen molar-refractivity contribution in [1.82, 2.24) is 0 Å². The van der Waals surface area contributed by atoms with Crippen LogP contribution in [0.15, 0.2) is 146 Å². The summed E-state index contributed by atoms with van der Waals surface area (Å²) in [4.78, 5) is 0. The second-order valence-corrected chi connectivity index (χ2v) is 24.8. The SMILES string of the molecule is C[Si](C)(C)c1cc2c(-c3cccc4ccccc34)cccc2[cH-]1.C[Si](C)(C)c1cc2c(-c3cccc4ccccc34)cccc2[cH-]1.Cl.Cl.[CH3-].[CH3-].[Si]=[Ti]. The van der Waals surface area contributed by atoms with E-state index < -0.39 is 16.1 Å². The molecule has 0 atom stereocenters. The van der Waals surface area contributed by atoms with Crippen molar-refractivity contribution in [2.75, 3.05) is 0 Å². The monoisotopic (exact) mass is 804 g/mol. The zero-order valence-corrected chi connectivity index (χ0v) is 37.9. The Bertz CT molecular complexity index is 2200. The van der Waals surface area contributed by atoms with Crippen molar-refractivity contribution in [1.29, 1.82) is 0 Å². The fourth-order valence-electron chi connectivity index (χ4n) is 6.73. The molecule has 0 heterocycles. The van der Waals surface area contributed by atoms with E-state index in [1.807, 2.05) is 0 Å². The summed E-state index contributed by atoms with van der Waals surface area (Å²) >= 11 is 1.81. The van der Waals surface area contributed by atoms with Gasteiger partial charge < -0.3 is 14.9 Å². The Labute approximate surface area is 340 Å². The minimum atomic E-state index is -1.29. The van der Waals surface area contributed by atoms with Crippen LogP contribution in [0.2, 0.25) is 39.3 Å². The maximum absolute atomic E-state index is 2.97. The number of hydrogen-bond donors (Lipinski definition) is 0. The van der Waals surface area contributed by atoms with Gasteiger partial charge in [-0.1, -0.05) is 147 Å². The summed E-state index contributed by atoms with van der Waals surface area (Å²) in [5, 5.41) is 13.9. The first-order chi connectivity index (χ1) is 23.1. The van der Waals surface area contributed by atoms with Gasteiger partial charge in [-0.05, 0) is 32.7 Å². The Morgan fingerprint density at radius 2 is 0.692 bits per heavy atom. The topological polar surface area (TPSA) is 0 Å². The van der Waals surface area contributed by atoms with Crippen molar-refractivity contribution in [3.8, 4) is 22.3 Å². The number of halogens is 2. The molecular formula is C46H50Cl2Si3Ti-4. The number of fused-ring (bicyclic) bond motifs is 4. The van der Waals surface area contributed by atoms with Crippen LogP contribution in [0, 0.1) is 14.9 Å². The first-order valence-corrected chi connectivity index (χ1v) is 26.5. The third-order valence-corrected chi connectivity index (χ3v) is 13.4. The fraction of sp³-hybridized carbons (Fsp3) is 0.130. The van der Waals surface area contributed by atoms with Crippen LogP contribution in [0.5, 0.6) is 0 Å². The van der Waals surface area contributed by atoms with Gasteiger partial charge in [-0.25, -0.2) is 0 Å². The molecule has 0 spiro atoms. The molecule has 0 unspecified atom stereocenters. The molecule has 268 valence electrons. The third kappa shape index (κ3) is 9.38. The molecule has 0 amide bonds. The Morgan fingerprint density at radius 3 is 1.04 bits per heavy atom. The Hall–Kier alpha value is -3.00. The van der Waals surface area contributed by atoms with Crippen LogP contribution < -0.4 is 10.4 Å². The van der Waals surface area contributed by atoms with E-state index in [0.717, 1.165) is 0 Å². The number of hydrogen-bond acceptors (Lipinski definition) is 0. The second-order valence-electron chi connectivity index (χ2n) is 14.7. The van der Waals surface area contributed by atoms with E-state index in [1.54, 1.807) is 29.5 Å². The maximum atomic E-state index is 2.97. The van der Waals surface area contributed by atoms with E-state index in [0.29, 0.717) is 0 Å². The van der Waals surface area contributed by atoms with Crippen molar-refractivity contribution >= 4 is 102 Å². The predicted molar refractivity (Wildman–Crippen MR) is 244 cm³/mol. The van der Waals surface area contributed by atoms with Crippen molar-refractivity contribution in [3.63, 3.8) is 0 Å². The van der Waals surface area contributed by atoms with Gasteiger partial charge >= 0.3 is 26.8 Å². The van der Waals surface area contributed by atoms with E-state index in [9.17, 15) is 0 Å². The van der Waals surface area contributed by atoms with Gasteiger partial charge in [0.05, 0.1) is 16.1 Å². The van der Waals surface area contributed by atoms with Crippen molar-refractivity contribution in [3.05, 3.63) is 160 Å². The van der Waals surface area contributed by atoms with Crippen LogP contribution in [-0.4, -0.2) is 23.8 Å². The van der Waals surface area contributed by atoms with Gasteiger partial charge in [-0.15, -0.1) is 93.1 Å². The Balaban J connectivity index is 0.000000320. The molecule has 8 aromatic carbocycles. The molecule has 0 aliphatic rings. The second kappa shape index (κ2) is 18.9. The van der Waals surface area contributed by atoms with Crippen LogP contribution in [0.1, 0.15) is 0 Å². The van der Waals surface area contributed by atoms with Gasteiger partial charge in [0.25, 0.3) is 0 Å². The molecule has 8 rings (SSSR count). The standard InChI is InChI=1S/2C22H21Si.2CH3.2ClH.Si.Ti/c2*1-23(2,3)18-14-17-10-7-13-21(22(17)15-18)20-12-6-9-16-8-4-5-11-19(16)20;;;;;;/h2*4-15H,1-3H3;2*1H3;2*1H;;/q4*-1;;;;. The Morgan fingerprint density at radius 1 is 0.404 bits per heavy atom. The summed E-state index contributed by atoms with van der Waals surface area (Å²) in [5.41, 5.74) is 5.37. The van der Waals surface area contributed by atoms with Crippen molar-refractivity contribution in [2.24, 2.45) is 0 Å². The quantitative estimate of drug-likeness (QED) is 0.123. The van der Waals surface area contributed by atoms with Crippen LogP contribution in [0.3, 0.4) is 0 Å². The molecule has 8 aromatic rings. The molecule has 0 nitrogen and oxygen atoms in total. The number of benzene rings is 6. The van der Waals surface area contributed by atoms with E-state index in [2.05, 4.69) is 193 Å². The summed E-state index contributed by atoms with van der Waals surface area (Å²) in [5.74, 6) is 0. The fourth-order valence-corrected chi connectivity index (χ4v) is 9.06. The molecule has 0 saturated carbocycles. The molecule has 6 heteroatoms. The van der Waals surface area contributed by atoms with Gasteiger partial charge in [-0.2, -0.15) is 12.1 Å². The first kappa shape index (κ1) is 45.2. The summed E-state index contributed by atoms with van der Waals surface area (Å²) in [6.45, 7) is 14.5. The zero-order chi connectivity index (χ0) is 34.1. The van der Waals surface area contributed by atoms with E-state index in [1.165, 1.54) is 65.3 Å². The third-order valence-electron chi connectivity index (χ3n) is 9.39. The van der Waals surface area contributed by atoms with Crippen LogP contribution in [0.4, 0.5) is 0 Å². The predicted octanol–water partition coefficient (Wildman–Crippen LogP) is 13.2. The van der Waals surface area contributed by atoms with E-state index in [4.69, 9.17) is 0 Å². The van der Waals surface area contributed by atoms with Crippen molar-refractivity contribution < 1.29 is 19.2 Å². The van der Waals surface area contributed by atoms with Gasteiger partial charge in [-0.3, -0.25) is 0 Å². The number of rotatable bonds is 4. The van der Waals surface area contributed by atoms with Gasteiger partial charge in [0.2, 0.25) is 0 Å². The molecule has 0 fully saturated rings. The molecule has 0 N–H and O–H groups in total. The first-order valence-electron chi connectivity index (χ1n) is 16.7. The molecule has 0 aliphatic heterocycles. The Kier molecular flexibility index (Phi) is 16.4. The average Bonchev–Trinajstić information content (AvgIpc) is 3.75. The van der Waals surface area contributed by atoms with E-state index >= 15 is 0 Å². The van der Waals surface area contributed by atoms with Crippen LogP contribution >= 0.6 is 24.8 Å². The summed E-state index contributed by atoms with van der Waals surface area (Å²) in [6.07, 6.45) is 0. The molecular weight excluding hydrogens is 756 g/mol. The average molecular weight is 806 g/mol. The molecule has 52 heavy (non-hydrogen) atoms. The van der Waals surface area contributed by atoms with E-state index in [-0.39, 0.29) is 39.7 Å². The molecule has 0 aromatic heterocycles. The summed E-state index contributed by atoms with van der Waals surface area (Å²) < 4.78 is 0. The summed E-state index contributed by atoms with van der Waals surface area (Å²) in [7, 11) is 0.384. The molecule has 0 aliphatic carbocycles. The van der Waals surface area contributed by atoms with Gasteiger partial charge in [0.1, 0.15) is 0 Å². The van der Waals surface area contributed by atoms with Gasteiger partial charge in [0, 0.05) is 0 Å². The zero-order valence-electron chi connectivity index (χ0n) is 31.7. The molecule has 2 radical (unpaired) electrons. The van der Waals surface area contributed by atoms with Gasteiger partial charge in [0.15, 0.2) is 0 Å². The minimum absolute atomic E-state index is 0. The summed E-state index contributed by atoms with van der Waals surface area (Å²) in [6, 6.07) is 53.6. The normalized spacial score (nSPS) is 10.8. The molecule has 0 saturated heterocycles. The molecule has 0 bridgehead atoms. The van der Waals surface area contributed by atoms with Crippen LogP contribution in [-0.2, 0) is 19.2 Å².